The number of anilines is 1. The van der Waals surface area contributed by atoms with Crippen molar-refractivity contribution in [2.45, 2.75) is 24.8 Å². The van der Waals surface area contributed by atoms with Gasteiger partial charge in [0.15, 0.2) is 0 Å². The zero-order chi connectivity index (χ0) is 21.3. The van der Waals surface area contributed by atoms with Gasteiger partial charge in [-0.1, -0.05) is 53.6 Å². The Labute approximate surface area is 181 Å². The molecule has 0 bridgehead atoms. The predicted molar refractivity (Wildman–Crippen MR) is 118 cm³/mol. The van der Waals surface area contributed by atoms with Crippen LogP contribution >= 0.6 is 11.6 Å². The van der Waals surface area contributed by atoms with Crippen LogP contribution in [0.2, 0.25) is 5.02 Å². The zero-order valence-corrected chi connectivity index (χ0v) is 18.0. The Hall–Kier alpha value is -2.83. The minimum Gasteiger partial charge on any atom is -0.334 e. The summed E-state index contributed by atoms with van der Waals surface area (Å²) in [6.45, 7) is 3.01. The Morgan fingerprint density at radius 3 is 2.43 bits per heavy atom. The van der Waals surface area contributed by atoms with E-state index in [1.165, 1.54) is 17.7 Å². The van der Waals surface area contributed by atoms with Gasteiger partial charge in [0.2, 0.25) is 0 Å². The van der Waals surface area contributed by atoms with Crippen LogP contribution in [-0.2, 0) is 23.0 Å². The number of carbonyl (C=O) groups is 1. The molecule has 1 amide bonds. The monoisotopic (exact) mass is 440 g/mol. The molecule has 7 heteroatoms. The fraction of sp³-hybridized carbons (Fsp3) is 0.174. The average Bonchev–Trinajstić information content (AvgIpc) is 2.74. The van der Waals surface area contributed by atoms with Crippen LogP contribution in [-0.4, -0.2) is 25.8 Å². The topological polar surface area (TPSA) is 66.5 Å². The molecule has 154 valence electrons. The van der Waals surface area contributed by atoms with Crippen LogP contribution < -0.4 is 4.72 Å². The van der Waals surface area contributed by atoms with Crippen molar-refractivity contribution < 1.29 is 13.2 Å². The van der Waals surface area contributed by atoms with E-state index >= 15 is 0 Å². The molecule has 3 aromatic rings. The summed E-state index contributed by atoms with van der Waals surface area (Å²) in [6, 6.07) is 19.4. The van der Waals surface area contributed by atoms with Crippen LogP contribution in [0.15, 0.2) is 71.6 Å². The number of hydrogen-bond acceptors (Lipinski definition) is 3. The third-order valence-corrected chi connectivity index (χ3v) is 7.05. The van der Waals surface area contributed by atoms with Gasteiger partial charge < -0.3 is 4.90 Å². The minimum atomic E-state index is -3.94. The lowest BCUT2D eigenvalue weighted by molar-refractivity contribution is 0.0734. The molecule has 30 heavy (non-hydrogen) atoms. The maximum absolute atomic E-state index is 13.1. The van der Waals surface area contributed by atoms with Gasteiger partial charge >= 0.3 is 0 Å². The number of rotatable bonds is 4. The van der Waals surface area contributed by atoms with Crippen LogP contribution in [0.3, 0.4) is 0 Å². The fourth-order valence-electron chi connectivity index (χ4n) is 3.53. The molecule has 0 unspecified atom stereocenters. The number of carbonyl (C=O) groups excluding carboxylic acids is 1. The van der Waals surface area contributed by atoms with Gasteiger partial charge in [-0.2, -0.15) is 0 Å². The zero-order valence-electron chi connectivity index (χ0n) is 16.4. The van der Waals surface area contributed by atoms with Gasteiger partial charge in [0, 0.05) is 24.3 Å². The number of nitrogens with zero attached hydrogens (tertiary/aromatic N) is 1. The van der Waals surface area contributed by atoms with Crippen LogP contribution in [0.4, 0.5) is 5.69 Å². The molecular weight excluding hydrogens is 420 g/mol. The number of halogens is 1. The molecule has 0 saturated carbocycles. The fourth-order valence-corrected chi connectivity index (χ4v) is 5.11. The summed E-state index contributed by atoms with van der Waals surface area (Å²) in [5.74, 6) is -0.215. The third kappa shape index (κ3) is 4.20. The van der Waals surface area contributed by atoms with Gasteiger partial charge in [-0.3, -0.25) is 9.52 Å². The van der Waals surface area contributed by atoms with Gasteiger partial charge in [0.05, 0.1) is 5.02 Å². The van der Waals surface area contributed by atoms with E-state index in [1.807, 2.05) is 37.3 Å². The predicted octanol–water partition coefficient (Wildman–Crippen LogP) is 4.65. The Morgan fingerprint density at radius 2 is 1.70 bits per heavy atom. The molecule has 1 aliphatic heterocycles. The van der Waals surface area contributed by atoms with Gasteiger partial charge in [-0.25, -0.2) is 8.42 Å². The number of hydrogen-bond donors (Lipinski definition) is 1. The molecule has 3 aromatic carbocycles. The van der Waals surface area contributed by atoms with Crippen molar-refractivity contribution in [1.29, 1.82) is 0 Å². The average molecular weight is 441 g/mol. The van der Waals surface area contributed by atoms with E-state index in [0.29, 0.717) is 24.3 Å². The lowest BCUT2D eigenvalue weighted by Crippen LogP contribution is -2.36. The molecule has 0 atom stereocenters. The first kappa shape index (κ1) is 20.4. The van der Waals surface area contributed by atoms with Gasteiger partial charge in [0.1, 0.15) is 4.90 Å². The number of nitrogens with one attached hydrogen (secondary N) is 1. The molecule has 0 aromatic heterocycles. The van der Waals surface area contributed by atoms with E-state index in [4.69, 9.17) is 11.6 Å². The number of amides is 1. The van der Waals surface area contributed by atoms with Crippen molar-refractivity contribution in [3.8, 4) is 0 Å². The van der Waals surface area contributed by atoms with Crippen LogP contribution in [0.25, 0.3) is 0 Å². The third-order valence-electron chi connectivity index (χ3n) is 5.19. The highest BCUT2D eigenvalue weighted by molar-refractivity contribution is 7.92. The lowest BCUT2D eigenvalue weighted by atomic mass is 9.99. The number of sulfonamides is 1. The Morgan fingerprint density at radius 1 is 1.00 bits per heavy atom. The van der Waals surface area contributed by atoms with Gasteiger partial charge in [-0.15, -0.1) is 0 Å². The van der Waals surface area contributed by atoms with E-state index in [2.05, 4.69) is 10.8 Å². The SMILES string of the molecule is Cc1ccc(NS(=O)(=O)c2cc(C(=O)N3CCc4ccccc4C3)ccc2Cl)cc1. The second kappa shape index (κ2) is 8.13. The van der Waals surface area contributed by atoms with Crippen molar-refractivity contribution in [1.82, 2.24) is 4.90 Å². The summed E-state index contributed by atoms with van der Waals surface area (Å²) in [4.78, 5) is 14.7. The van der Waals surface area contributed by atoms with E-state index in [1.54, 1.807) is 23.1 Å². The Balaban J connectivity index is 1.60. The molecule has 5 nitrogen and oxygen atoms in total. The van der Waals surface area contributed by atoms with Crippen molar-refractivity contribution in [3.05, 3.63) is 94.0 Å². The Kier molecular flexibility index (Phi) is 5.54. The lowest BCUT2D eigenvalue weighted by Gasteiger charge is -2.29. The smallest absolute Gasteiger partial charge is 0.263 e. The highest BCUT2D eigenvalue weighted by Gasteiger charge is 2.25. The molecule has 1 N–H and O–H groups in total. The first-order valence-electron chi connectivity index (χ1n) is 9.58. The standard InChI is InChI=1S/C23H21ClN2O3S/c1-16-6-9-20(10-7-16)25-30(28,29)22-14-18(8-11-21(22)24)23(27)26-13-12-17-4-2-3-5-19(17)15-26/h2-11,14,25H,12-13,15H2,1H3. The van der Waals surface area contributed by atoms with Crippen molar-refractivity contribution in [3.63, 3.8) is 0 Å². The minimum absolute atomic E-state index is 0.0650. The van der Waals surface area contributed by atoms with Crippen molar-refractivity contribution in [2.75, 3.05) is 11.3 Å². The van der Waals surface area contributed by atoms with E-state index in [0.717, 1.165) is 17.5 Å². The summed E-state index contributed by atoms with van der Waals surface area (Å²) in [5.41, 5.74) is 4.10. The molecular formula is C23H21ClN2O3S. The molecule has 4 rings (SSSR count). The molecule has 1 aliphatic rings. The molecule has 0 radical (unpaired) electrons. The Bertz CT molecular complexity index is 1210. The van der Waals surface area contributed by atoms with Crippen LogP contribution in [0.1, 0.15) is 27.0 Å². The normalized spacial score (nSPS) is 13.6. The first-order chi connectivity index (χ1) is 14.3. The summed E-state index contributed by atoms with van der Waals surface area (Å²) < 4.78 is 28.3. The maximum atomic E-state index is 13.1. The highest BCUT2D eigenvalue weighted by Crippen LogP contribution is 2.27. The number of aryl methyl sites for hydroxylation is 1. The quantitative estimate of drug-likeness (QED) is 0.642. The van der Waals surface area contributed by atoms with E-state index in [9.17, 15) is 13.2 Å². The second-order valence-electron chi connectivity index (χ2n) is 7.36. The highest BCUT2D eigenvalue weighted by atomic mass is 35.5. The van der Waals surface area contributed by atoms with Gasteiger partial charge in [0.25, 0.3) is 15.9 Å². The van der Waals surface area contributed by atoms with Crippen molar-refractivity contribution in [2.24, 2.45) is 0 Å². The first-order valence-corrected chi connectivity index (χ1v) is 11.4. The summed E-state index contributed by atoms with van der Waals surface area (Å²) in [6.07, 6.45) is 0.773. The maximum Gasteiger partial charge on any atom is 0.263 e. The summed E-state index contributed by atoms with van der Waals surface area (Å²) >= 11 is 6.19. The molecule has 1 heterocycles. The van der Waals surface area contributed by atoms with Crippen LogP contribution in [0.5, 0.6) is 0 Å². The number of benzene rings is 3. The molecule has 0 fully saturated rings. The summed E-state index contributed by atoms with van der Waals surface area (Å²) in [7, 11) is -3.94. The molecule has 0 spiro atoms. The van der Waals surface area contributed by atoms with E-state index < -0.39 is 10.0 Å². The second-order valence-corrected chi connectivity index (χ2v) is 9.42. The van der Waals surface area contributed by atoms with E-state index in [-0.39, 0.29) is 15.8 Å². The largest absolute Gasteiger partial charge is 0.334 e. The van der Waals surface area contributed by atoms with Gasteiger partial charge in [-0.05, 0) is 54.8 Å². The number of fused-ring (bicyclic) bond motifs is 1. The summed E-state index contributed by atoms with van der Waals surface area (Å²) in [5, 5.41) is 0.0650. The molecule has 0 aliphatic carbocycles. The molecule has 0 saturated heterocycles. The van der Waals surface area contributed by atoms with Crippen LogP contribution in [0, 0.1) is 6.92 Å². The van der Waals surface area contributed by atoms with Crippen molar-refractivity contribution >= 4 is 33.2 Å².